The van der Waals surface area contributed by atoms with E-state index in [1.165, 1.54) is 22.6 Å². The third kappa shape index (κ3) is 2.57. The molecule has 4 heteroatoms. The second-order valence-corrected chi connectivity index (χ2v) is 5.04. The zero-order valence-electron chi connectivity index (χ0n) is 11.4. The van der Waals surface area contributed by atoms with Crippen molar-refractivity contribution in [2.75, 3.05) is 11.4 Å². The third-order valence-electron chi connectivity index (χ3n) is 3.62. The maximum Gasteiger partial charge on any atom is 0.299 e. The molecule has 3 nitrogen and oxygen atoms in total. The summed E-state index contributed by atoms with van der Waals surface area (Å²) in [6.45, 7) is 0.456. The summed E-state index contributed by atoms with van der Waals surface area (Å²) in [6.07, 6.45) is 1.58. The molecule has 106 valence electrons. The molecule has 2 aromatic rings. The average Bonchev–Trinajstić information content (AvgIpc) is 2.73. The number of anilines is 1. The van der Waals surface area contributed by atoms with Crippen LogP contribution in [0.4, 0.5) is 10.1 Å². The molecular weight excluding hydrogens is 269 g/mol. The number of carbonyl (C=O) groups excluding carboxylic acids is 2. The van der Waals surface area contributed by atoms with Gasteiger partial charge in [-0.1, -0.05) is 30.3 Å². The molecule has 0 saturated heterocycles. The summed E-state index contributed by atoms with van der Waals surface area (Å²) in [4.78, 5) is 25.2. The van der Waals surface area contributed by atoms with E-state index < -0.39 is 17.5 Å². The Morgan fingerprint density at radius 3 is 2.52 bits per heavy atom. The average molecular weight is 283 g/mol. The van der Waals surface area contributed by atoms with Crippen LogP contribution in [-0.4, -0.2) is 18.2 Å². The lowest BCUT2D eigenvalue weighted by Gasteiger charge is -2.16. The number of aryl methyl sites for hydroxylation is 1. The van der Waals surface area contributed by atoms with Gasteiger partial charge >= 0.3 is 0 Å². The molecule has 0 atom stereocenters. The van der Waals surface area contributed by atoms with Crippen LogP contribution in [0.5, 0.6) is 0 Å². The first-order chi connectivity index (χ1) is 10.2. The first-order valence-electron chi connectivity index (χ1n) is 6.86. The first kappa shape index (κ1) is 13.5. The third-order valence-corrected chi connectivity index (χ3v) is 3.62. The van der Waals surface area contributed by atoms with Gasteiger partial charge < -0.3 is 4.90 Å². The van der Waals surface area contributed by atoms with E-state index in [2.05, 4.69) is 0 Å². The van der Waals surface area contributed by atoms with Gasteiger partial charge in [-0.2, -0.15) is 0 Å². The number of hydrogen-bond donors (Lipinski definition) is 0. The van der Waals surface area contributed by atoms with E-state index in [9.17, 15) is 14.0 Å². The minimum absolute atomic E-state index is 0.166. The van der Waals surface area contributed by atoms with Crippen LogP contribution in [0.1, 0.15) is 22.3 Å². The highest BCUT2D eigenvalue weighted by atomic mass is 19.1. The Hall–Kier alpha value is -2.49. The molecule has 1 aliphatic heterocycles. The van der Waals surface area contributed by atoms with Crippen molar-refractivity contribution < 1.29 is 14.0 Å². The molecule has 1 aliphatic rings. The monoisotopic (exact) mass is 283 g/mol. The Balaban J connectivity index is 1.72. The van der Waals surface area contributed by atoms with Crippen molar-refractivity contribution >= 4 is 17.4 Å². The first-order valence-corrected chi connectivity index (χ1v) is 6.86. The van der Waals surface area contributed by atoms with Crippen LogP contribution in [0.2, 0.25) is 0 Å². The van der Waals surface area contributed by atoms with Crippen LogP contribution in [0.25, 0.3) is 0 Å². The van der Waals surface area contributed by atoms with Crippen molar-refractivity contribution in [2.24, 2.45) is 0 Å². The van der Waals surface area contributed by atoms with Gasteiger partial charge in [0.15, 0.2) is 0 Å². The number of rotatable bonds is 4. The van der Waals surface area contributed by atoms with E-state index in [-0.39, 0.29) is 5.56 Å². The number of ketones is 1. The molecule has 0 bridgehead atoms. The quantitative estimate of drug-likeness (QED) is 0.809. The Morgan fingerprint density at radius 2 is 1.76 bits per heavy atom. The van der Waals surface area contributed by atoms with Crippen molar-refractivity contribution in [3.05, 3.63) is 65.5 Å². The summed E-state index contributed by atoms with van der Waals surface area (Å²) in [5.74, 6) is -1.69. The molecule has 0 N–H and O–H groups in total. The van der Waals surface area contributed by atoms with Crippen LogP contribution in [-0.2, 0) is 11.2 Å². The van der Waals surface area contributed by atoms with Gasteiger partial charge in [-0.05, 0) is 36.6 Å². The van der Waals surface area contributed by atoms with Gasteiger partial charge in [0.05, 0.1) is 11.3 Å². The highest BCUT2D eigenvalue weighted by Gasteiger charge is 2.35. The normalized spacial score (nSPS) is 13.7. The van der Waals surface area contributed by atoms with Gasteiger partial charge in [-0.15, -0.1) is 0 Å². The van der Waals surface area contributed by atoms with Crippen molar-refractivity contribution in [3.8, 4) is 0 Å². The molecule has 2 aromatic carbocycles. The molecule has 3 rings (SSSR count). The summed E-state index contributed by atoms with van der Waals surface area (Å²) in [7, 11) is 0. The van der Waals surface area contributed by atoms with Gasteiger partial charge in [-0.25, -0.2) is 4.39 Å². The SMILES string of the molecule is O=C1C(=O)N(CCCc2ccccc2)c2ccc(F)cc21. The predicted octanol–water partition coefficient (Wildman–Crippen LogP) is 2.99. The standard InChI is InChI=1S/C17H14FNO2/c18-13-8-9-15-14(11-13)16(20)17(21)19(15)10-4-7-12-5-2-1-3-6-12/h1-3,5-6,8-9,11H,4,7,10H2. The van der Waals surface area contributed by atoms with E-state index in [1.807, 2.05) is 30.3 Å². The van der Waals surface area contributed by atoms with Crippen LogP contribution in [0.15, 0.2) is 48.5 Å². The highest BCUT2D eigenvalue weighted by Crippen LogP contribution is 2.29. The largest absolute Gasteiger partial charge is 0.305 e. The van der Waals surface area contributed by atoms with Gasteiger partial charge in [-0.3, -0.25) is 9.59 Å². The van der Waals surface area contributed by atoms with Crippen molar-refractivity contribution in [1.82, 2.24) is 0 Å². The number of halogens is 1. The van der Waals surface area contributed by atoms with Gasteiger partial charge in [0.2, 0.25) is 0 Å². The maximum absolute atomic E-state index is 13.2. The van der Waals surface area contributed by atoms with Crippen LogP contribution < -0.4 is 4.90 Å². The minimum atomic E-state index is -0.621. The molecule has 1 heterocycles. The fourth-order valence-electron chi connectivity index (χ4n) is 2.58. The summed E-state index contributed by atoms with van der Waals surface area (Å²) in [6, 6.07) is 13.9. The molecule has 0 unspecified atom stereocenters. The zero-order valence-corrected chi connectivity index (χ0v) is 11.4. The van der Waals surface area contributed by atoms with E-state index in [4.69, 9.17) is 0 Å². The van der Waals surface area contributed by atoms with E-state index in [0.29, 0.717) is 12.2 Å². The van der Waals surface area contributed by atoms with Crippen molar-refractivity contribution in [3.63, 3.8) is 0 Å². The molecule has 0 saturated carbocycles. The van der Waals surface area contributed by atoms with Crippen molar-refractivity contribution in [2.45, 2.75) is 12.8 Å². The lowest BCUT2D eigenvalue weighted by Crippen LogP contribution is -2.30. The fourth-order valence-corrected chi connectivity index (χ4v) is 2.58. The summed E-state index contributed by atoms with van der Waals surface area (Å²) in [5.41, 5.74) is 1.87. The Bertz CT molecular complexity index is 697. The number of benzene rings is 2. The van der Waals surface area contributed by atoms with E-state index >= 15 is 0 Å². The number of amides is 1. The Kier molecular flexibility index (Phi) is 3.52. The molecule has 21 heavy (non-hydrogen) atoms. The zero-order chi connectivity index (χ0) is 14.8. The second-order valence-electron chi connectivity index (χ2n) is 5.04. The number of nitrogens with zero attached hydrogens (tertiary/aromatic N) is 1. The number of Topliss-reactive ketones (excluding diaryl/α,β-unsaturated/α-hetero) is 1. The van der Waals surface area contributed by atoms with E-state index in [1.54, 1.807) is 0 Å². The summed E-state index contributed by atoms with van der Waals surface area (Å²) < 4.78 is 13.2. The smallest absolute Gasteiger partial charge is 0.299 e. The number of carbonyl (C=O) groups is 2. The summed E-state index contributed by atoms with van der Waals surface area (Å²) >= 11 is 0. The molecule has 0 aliphatic carbocycles. The van der Waals surface area contributed by atoms with E-state index in [0.717, 1.165) is 18.9 Å². The summed E-state index contributed by atoms with van der Waals surface area (Å²) in [5, 5.41) is 0. The van der Waals surface area contributed by atoms with Gasteiger partial charge in [0.1, 0.15) is 5.82 Å². The molecule has 0 aromatic heterocycles. The second kappa shape index (κ2) is 5.48. The molecule has 0 fully saturated rings. The van der Waals surface area contributed by atoms with Crippen LogP contribution in [0, 0.1) is 5.82 Å². The lowest BCUT2D eigenvalue weighted by molar-refractivity contribution is -0.114. The topological polar surface area (TPSA) is 37.4 Å². The van der Waals surface area contributed by atoms with Gasteiger partial charge in [0, 0.05) is 6.54 Å². The maximum atomic E-state index is 13.2. The molecule has 0 radical (unpaired) electrons. The molecule has 0 spiro atoms. The van der Waals surface area contributed by atoms with Crippen molar-refractivity contribution in [1.29, 1.82) is 0 Å². The predicted molar refractivity (Wildman–Crippen MR) is 77.8 cm³/mol. The Morgan fingerprint density at radius 1 is 1.00 bits per heavy atom. The minimum Gasteiger partial charge on any atom is -0.305 e. The number of fused-ring (bicyclic) bond motifs is 1. The molecule has 1 amide bonds. The van der Waals surface area contributed by atoms with Crippen LogP contribution >= 0.6 is 0 Å². The Labute approximate surface area is 122 Å². The van der Waals surface area contributed by atoms with Gasteiger partial charge in [0.25, 0.3) is 11.7 Å². The number of hydrogen-bond acceptors (Lipinski definition) is 2. The molecular formula is C17H14FNO2. The fraction of sp³-hybridized carbons (Fsp3) is 0.176. The van der Waals surface area contributed by atoms with Crippen LogP contribution in [0.3, 0.4) is 0 Å². The highest BCUT2D eigenvalue weighted by molar-refractivity contribution is 6.52. The lowest BCUT2D eigenvalue weighted by atomic mass is 10.1.